The molecule has 0 saturated carbocycles. The van der Waals surface area contributed by atoms with Crippen LogP contribution in [0.2, 0.25) is 0 Å². The van der Waals surface area contributed by atoms with Gasteiger partial charge < -0.3 is 5.11 Å². The Kier molecular flexibility index (Phi) is 2.46. The Morgan fingerprint density at radius 2 is 2.27 bits per heavy atom. The van der Waals surface area contributed by atoms with Crippen molar-refractivity contribution in [2.45, 2.75) is 13.5 Å². The Labute approximate surface area is 65.4 Å². The minimum absolute atomic E-state index is 0.277. The Hall–Kier alpha value is -1.06. The highest BCUT2D eigenvalue weighted by Gasteiger charge is 2.00. The van der Waals surface area contributed by atoms with Gasteiger partial charge in [-0.25, -0.2) is 5.90 Å². The molecular formula is C8H11NO2. The zero-order chi connectivity index (χ0) is 8.27. The maximum Gasteiger partial charge on any atom is 0.118 e. The highest BCUT2D eigenvalue weighted by Crippen LogP contribution is 2.19. The largest absolute Gasteiger partial charge is 0.508 e. The average molecular weight is 153 g/mol. The number of phenols is 1. The summed E-state index contributed by atoms with van der Waals surface area (Å²) in [6.45, 7) is 2.16. The second kappa shape index (κ2) is 3.37. The molecule has 0 aliphatic carbocycles. The van der Waals surface area contributed by atoms with Crippen molar-refractivity contribution >= 4 is 0 Å². The molecule has 0 unspecified atom stereocenters. The van der Waals surface area contributed by atoms with Crippen LogP contribution in [0.3, 0.4) is 0 Å². The zero-order valence-corrected chi connectivity index (χ0v) is 6.37. The van der Waals surface area contributed by atoms with Gasteiger partial charge in [-0.1, -0.05) is 12.1 Å². The van der Waals surface area contributed by atoms with Gasteiger partial charge in [0.15, 0.2) is 0 Å². The van der Waals surface area contributed by atoms with Crippen molar-refractivity contribution in [2.75, 3.05) is 0 Å². The summed E-state index contributed by atoms with van der Waals surface area (Å²) in [5.41, 5.74) is 1.73. The number of nitrogens with two attached hydrogens (primary N) is 1. The third-order valence-electron chi connectivity index (χ3n) is 1.66. The van der Waals surface area contributed by atoms with Crippen molar-refractivity contribution < 1.29 is 9.94 Å². The smallest absolute Gasteiger partial charge is 0.118 e. The quantitative estimate of drug-likeness (QED) is 0.625. The topological polar surface area (TPSA) is 55.5 Å². The third kappa shape index (κ3) is 1.69. The van der Waals surface area contributed by atoms with Crippen LogP contribution in [0.25, 0.3) is 0 Å². The molecule has 3 nitrogen and oxygen atoms in total. The molecule has 1 aromatic carbocycles. The van der Waals surface area contributed by atoms with Gasteiger partial charge >= 0.3 is 0 Å². The molecule has 3 heteroatoms. The van der Waals surface area contributed by atoms with Gasteiger partial charge in [-0.05, 0) is 24.1 Å². The molecule has 0 aliphatic rings. The Balaban J connectivity index is 2.96. The van der Waals surface area contributed by atoms with Gasteiger partial charge in [0.2, 0.25) is 0 Å². The predicted molar refractivity (Wildman–Crippen MR) is 41.8 cm³/mol. The minimum atomic E-state index is 0.277. The van der Waals surface area contributed by atoms with Crippen molar-refractivity contribution in [2.24, 2.45) is 5.90 Å². The average Bonchev–Trinajstić information content (AvgIpc) is 1.99. The van der Waals surface area contributed by atoms with E-state index in [-0.39, 0.29) is 5.75 Å². The van der Waals surface area contributed by atoms with Crippen molar-refractivity contribution in [1.82, 2.24) is 0 Å². The molecule has 60 valence electrons. The molecule has 0 aromatic heterocycles. The van der Waals surface area contributed by atoms with E-state index in [1.165, 1.54) is 0 Å². The maximum absolute atomic E-state index is 9.23. The second-order valence-electron chi connectivity index (χ2n) is 2.37. The summed E-state index contributed by atoms with van der Waals surface area (Å²) >= 11 is 0. The maximum atomic E-state index is 9.23. The second-order valence-corrected chi connectivity index (χ2v) is 2.37. The van der Waals surface area contributed by atoms with E-state index in [1.807, 2.05) is 13.0 Å². The fourth-order valence-corrected chi connectivity index (χ4v) is 0.916. The van der Waals surface area contributed by atoms with E-state index in [1.54, 1.807) is 12.1 Å². The van der Waals surface area contributed by atoms with Crippen LogP contribution in [-0.2, 0) is 11.4 Å². The Morgan fingerprint density at radius 3 is 2.91 bits per heavy atom. The van der Waals surface area contributed by atoms with Crippen LogP contribution in [0, 0.1) is 6.92 Å². The van der Waals surface area contributed by atoms with Crippen LogP contribution in [0.15, 0.2) is 18.2 Å². The van der Waals surface area contributed by atoms with Crippen molar-refractivity contribution in [3.8, 4) is 5.75 Å². The lowest BCUT2D eigenvalue weighted by Gasteiger charge is -2.04. The number of aromatic hydroxyl groups is 1. The molecule has 0 bridgehead atoms. The molecule has 0 aliphatic heterocycles. The molecule has 0 saturated heterocycles. The Morgan fingerprint density at radius 1 is 1.55 bits per heavy atom. The first-order chi connectivity index (χ1) is 5.25. The molecular weight excluding hydrogens is 142 g/mol. The fraction of sp³-hybridized carbons (Fsp3) is 0.250. The number of hydrogen-bond acceptors (Lipinski definition) is 3. The molecule has 0 atom stereocenters. The van der Waals surface area contributed by atoms with Gasteiger partial charge in [-0.2, -0.15) is 0 Å². The molecule has 0 amide bonds. The standard InChI is InChI=1S/C8H11NO2/c1-6-7(5-11-9)3-2-4-8(6)10/h2-4,10H,5,9H2,1H3. The van der Waals surface area contributed by atoms with Gasteiger partial charge in [-0.3, -0.25) is 4.84 Å². The van der Waals surface area contributed by atoms with Crippen LogP contribution in [0.1, 0.15) is 11.1 Å². The summed E-state index contributed by atoms with van der Waals surface area (Å²) in [7, 11) is 0. The molecule has 0 fully saturated rings. The third-order valence-corrected chi connectivity index (χ3v) is 1.66. The monoisotopic (exact) mass is 153 g/mol. The molecule has 11 heavy (non-hydrogen) atoms. The van der Waals surface area contributed by atoms with Gasteiger partial charge in [-0.15, -0.1) is 0 Å². The number of hydrogen-bond donors (Lipinski definition) is 2. The van der Waals surface area contributed by atoms with E-state index in [0.29, 0.717) is 6.61 Å². The van der Waals surface area contributed by atoms with Gasteiger partial charge in [0.05, 0.1) is 6.61 Å². The van der Waals surface area contributed by atoms with E-state index in [4.69, 9.17) is 5.90 Å². The fourth-order valence-electron chi connectivity index (χ4n) is 0.916. The van der Waals surface area contributed by atoms with Crippen LogP contribution in [-0.4, -0.2) is 5.11 Å². The summed E-state index contributed by atoms with van der Waals surface area (Å²) in [6, 6.07) is 5.26. The lowest BCUT2D eigenvalue weighted by Crippen LogP contribution is -2.00. The van der Waals surface area contributed by atoms with E-state index in [2.05, 4.69) is 4.84 Å². The first-order valence-corrected chi connectivity index (χ1v) is 3.35. The normalized spacial score (nSPS) is 10.0. The van der Waals surface area contributed by atoms with Gasteiger partial charge in [0.1, 0.15) is 5.75 Å². The van der Waals surface area contributed by atoms with E-state index < -0.39 is 0 Å². The van der Waals surface area contributed by atoms with Crippen LogP contribution >= 0.6 is 0 Å². The number of benzene rings is 1. The highest BCUT2D eigenvalue weighted by molar-refractivity contribution is 5.37. The summed E-state index contributed by atoms with van der Waals surface area (Å²) in [5.74, 6) is 5.18. The summed E-state index contributed by atoms with van der Waals surface area (Å²) in [6.07, 6.45) is 0. The van der Waals surface area contributed by atoms with Gasteiger partial charge in [0.25, 0.3) is 0 Å². The molecule has 0 heterocycles. The lowest BCUT2D eigenvalue weighted by molar-refractivity contribution is 0.123. The summed E-state index contributed by atoms with van der Waals surface area (Å²) < 4.78 is 0. The lowest BCUT2D eigenvalue weighted by atomic mass is 10.1. The summed E-state index contributed by atoms with van der Waals surface area (Å²) in [4.78, 5) is 4.45. The zero-order valence-electron chi connectivity index (χ0n) is 6.37. The molecule has 1 aromatic rings. The van der Waals surface area contributed by atoms with Crippen LogP contribution in [0.5, 0.6) is 5.75 Å². The molecule has 3 N–H and O–H groups in total. The van der Waals surface area contributed by atoms with Crippen molar-refractivity contribution in [3.63, 3.8) is 0 Å². The van der Waals surface area contributed by atoms with E-state index >= 15 is 0 Å². The van der Waals surface area contributed by atoms with Crippen LogP contribution < -0.4 is 5.90 Å². The Bertz CT molecular complexity index is 248. The first-order valence-electron chi connectivity index (χ1n) is 3.35. The van der Waals surface area contributed by atoms with E-state index in [9.17, 15) is 5.11 Å². The highest BCUT2D eigenvalue weighted by atomic mass is 16.6. The summed E-state index contributed by atoms with van der Waals surface area (Å²) in [5, 5.41) is 9.23. The van der Waals surface area contributed by atoms with Gasteiger partial charge in [0, 0.05) is 0 Å². The predicted octanol–water partition coefficient (Wildman–Crippen LogP) is 1.09. The van der Waals surface area contributed by atoms with Crippen molar-refractivity contribution in [1.29, 1.82) is 0 Å². The number of rotatable bonds is 2. The molecule has 0 radical (unpaired) electrons. The van der Waals surface area contributed by atoms with E-state index in [0.717, 1.165) is 11.1 Å². The number of phenolic OH excluding ortho intramolecular Hbond substituents is 1. The minimum Gasteiger partial charge on any atom is -0.508 e. The molecule has 0 spiro atoms. The van der Waals surface area contributed by atoms with Crippen LogP contribution in [0.4, 0.5) is 0 Å². The molecule has 1 rings (SSSR count). The SMILES string of the molecule is Cc1c(O)cccc1CON. The van der Waals surface area contributed by atoms with Crippen molar-refractivity contribution in [3.05, 3.63) is 29.3 Å². The first kappa shape index (κ1) is 8.04.